The zero-order valence-electron chi connectivity index (χ0n) is 9.85. The summed E-state index contributed by atoms with van der Waals surface area (Å²) >= 11 is 0. The second-order valence-corrected chi connectivity index (χ2v) is 3.96. The van der Waals surface area contributed by atoms with E-state index in [2.05, 4.69) is 5.43 Å². The Bertz CT molecular complexity index is 408. The first-order valence-corrected chi connectivity index (χ1v) is 5.65. The van der Waals surface area contributed by atoms with Gasteiger partial charge in [0.15, 0.2) is 0 Å². The first kappa shape index (κ1) is 11.9. The van der Waals surface area contributed by atoms with Gasteiger partial charge in [-0.1, -0.05) is 18.2 Å². The Labute approximate surface area is 101 Å². The summed E-state index contributed by atoms with van der Waals surface area (Å²) in [6.07, 6.45) is 0.445. The van der Waals surface area contributed by atoms with Gasteiger partial charge in [0.25, 0.3) is 0 Å². The number of hydrazine groups is 1. The lowest BCUT2D eigenvalue weighted by atomic mass is 10.0. The van der Waals surface area contributed by atoms with Crippen LogP contribution in [0, 0.1) is 0 Å². The summed E-state index contributed by atoms with van der Waals surface area (Å²) in [5, 5.41) is 1.58. The van der Waals surface area contributed by atoms with Crippen molar-refractivity contribution in [2.24, 2.45) is 5.73 Å². The Kier molecular flexibility index (Phi) is 3.61. The van der Waals surface area contributed by atoms with Crippen molar-refractivity contribution in [3.05, 3.63) is 29.8 Å². The largest absolute Gasteiger partial charge is 0.496 e. The fourth-order valence-electron chi connectivity index (χ4n) is 2.04. The summed E-state index contributed by atoms with van der Waals surface area (Å²) in [5.74, 6) is 0.874. The molecule has 1 fully saturated rings. The van der Waals surface area contributed by atoms with Gasteiger partial charge in [0.1, 0.15) is 5.75 Å². The smallest absolute Gasteiger partial charge is 0.238 e. The summed E-state index contributed by atoms with van der Waals surface area (Å²) in [7, 11) is 1.63. The highest BCUT2D eigenvalue weighted by atomic mass is 16.5. The Morgan fingerprint density at radius 2 is 2.29 bits per heavy atom. The zero-order chi connectivity index (χ0) is 12.3. The van der Waals surface area contributed by atoms with Gasteiger partial charge in [-0.15, -0.1) is 0 Å². The van der Waals surface area contributed by atoms with Crippen LogP contribution in [0.3, 0.4) is 0 Å². The maximum Gasteiger partial charge on any atom is 0.238 e. The average molecular weight is 235 g/mol. The van der Waals surface area contributed by atoms with E-state index in [0.717, 1.165) is 11.3 Å². The highest BCUT2D eigenvalue weighted by molar-refractivity contribution is 5.78. The second kappa shape index (κ2) is 5.16. The molecule has 1 aliphatic heterocycles. The quantitative estimate of drug-likeness (QED) is 0.794. The summed E-state index contributed by atoms with van der Waals surface area (Å²) in [4.78, 5) is 11.7. The van der Waals surface area contributed by atoms with Gasteiger partial charge in [0, 0.05) is 25.1 Å². The van der Waals surface area contributed by atoms with Crippen LogP contribution in [0.5, 0.6) is 5.75 Å². The lowest BCUT2D eigenvalue weighted by Gasteiger charge is -2.18. The van der Waals surface area contributed by atoms with E-state index in [1.165, 1.54) is 0 Å². The molecule has 1 aliphatic rings. The number of amides is 1. The fraction of sp³-hybridized carbons (Fsp3) is 0.417. The van der Waals surface area contributed by atoms with E-state index in [4.69, 9.17) is 10.5 Å². The van der Waals surface area contributed by atoms with E-state index >= 15 is 0 Å². The second-order valence-electron chi connectivity index (χ2n) is 3.96. The lowest BCUT2D eigenvalue weighted by molar-refractivity contribution is -0.129. The monoisotopic (exact) mass is 235 g/mol. The zero-order valence-corrected chi connectivity index (χ0v) is 9.85. The van der Waals surface area contributed by atoms with Gasteiger partial charge in [-0.3, -0.25) is 9.80 Å². The number of ether oxygens (including phenoxy) is 1. The molecule has 0 saturated carbocycles. The number of nitrogens with one attached hydrogen (secondary N) is 1. The third-order valence-corrected chi connectivity index (χ3v) is 2.86. The predicted octanol–water partition coefficient (Wildman–Crippen LogP) is 0.432. The topological polar surface area (TPSA) is 67.6 Å². The number of rotatable bonds is 4. The maximum absolute atomic E-state index is 11.7. The van der Waals surface area contributed by atoms with Crippen LogP contribution in [-0.4, -0.2) is 31.1 Å². The number of carbonyl (C=O) groups excluding carboxylic acids is 1. The molecule has 5 heteroatoms. The SMILES string of the molecule is COc1ccccc1C1CC(=O)N(CCN)N1. The van der Waals surface area contributed by atoms with Crippen LogP contribution in [0.1, 0.15) is 18.0 Å². The molecule has 2 rings (SSSR count). The Morgan fingerprint density at radius 1 is 1.53 bits per heavy atom. The van der Waals surface area contributed by atoms with Gasteiger partial charge < -0.3 is 10.5 Å². The predicted molar refractivity (Wildman–Crippen MR) is 64.3 cm³/mol. The molecule has 1 unspecified atom stereocenters. The normalized spacial score (nSPS) is 19.8. The molecule has 0 aliphatic carbocycles. The van der Waals surface area contributed by atoms with Crippen molar-refractivity contribution in [1.82, 2.24) is 10.4 Å². The van der Waals surface area contributed by atoms with Gasteiger partial charge in [0.05, 0.1) is 13.2 Å². The molecule has 0 radical (unpaired) electrons. The van der Waals surface area contributed by atoms with E-state index in [1.807, 2.05) is 24.3 Å². The number of nitrogens with zero attached hydrogens (tertiary/aromatic N) is 1. The highest BCUT2D eigenvalue weighted by Crippen LogP contribution is 2.30. The van der Waals surface area contributed by atoms with Crippen molar-refractivity contribution >= 4 is 5.91 Å². The van der Waals surface area contributed by atoms with E-state index in [-0.39, 0.29) is 11.9 Å². The molecule has 0 bridgehead atoms. The first-order chi connectivity index (χ1) is 8.26. The number of benzene rings is 1. The third kappa shape index (κ3) is 2.40. The summed E-state index contributed by atoms with van der Waals surface area (Å²) in [6, 6.07) is 7.69. The standard InChI is InChI=1S/C12H17N3O2/c1-17-11-5-3-2-4-9(11)10-8-12(16)15(14-10)7-6-13/h2-5,10,14H,6-8,13H2,1H3. The Balaban J connectivity index is 2.16. The van der Waals surface area contributed by atoms with Crippen molar-refractivity contribution in [2.45, 2.75) is 12.5 Å². The van der Waals surface area contributed by atoms with Gasteiger partial charge in [-0.25, -0.2) is 5.43 Å². The fourth-order valence-corrected chi connectivity index (χ4v) is 2.04. The summed E-state index contributed by atoms with van der Waals surface area (Å²) in [6.45, 7) is 0.988. The van der Waals surface area contributed by atoms with Crippen LogP contribution in [0.25, 0.3) is 0 Å². The number of carbonyl (C=O) groups is 1. The van der Waals surface area contributed by atoms with Crippen molar-refractivity contribution in [2.75, 3.05) is 20.2 Å². The van der Waals surface area contributed by atoms with Crippen molar-refractivity contribution in [1.29, 1.82) is 0 Å². The van der Waals surface area contributed by atoms with E-state index in [1.54, 1.807) is 12.1 Å². The van der Waals surface area contributed by atoms with Gasteiger partial charge >= 0.3 is 0 Å². The number of hydrogen-bond acceptors (Lipinski definition) is 4. The van der Waals surface area contributed by atoms with Crippen LogP contribution >= 0.6 is 0 Å². The minimum Gasteiger partial charge on any atom is -0.496 e. The van der Waals surface area contributed by atoms with Crippen LogP contribution in [0.4, 0.5) is 0 Å². The molecular formula is C12H17N3O2. The molecule has 1 atom stereocenters. The molecule has 17 heavy (non-hydrogen) atoms. The molecule has 5 nitrogen and oxygen atoms in total. The number of para-hydroxylation sites is 1. The number of nitrogens with two attached hydrogens (primary N) is 1. The Hall–Kier alpha value is -1.59. The Morgan fingerprint density at radius 3 is 3.00 bits per heavy atom. The molecule has 1 amide bonds. The number of methoxy groups -OCH3 is 1. The molecule has 1 aromatic rings. The molecule has 3 N–H and O–H groups in total. The van der Waals surface area contributed by atoms with E-state index < -0.39 is 0 Å². The summed E-state index contributed by atoms with van der Waals surface area (Å²) < 4.78 is 5.29. The van der Waals surface area contributed by atoms with Crippen LogP contribution < -0.4 is 15.9 Å². The molecule has 92 valence electrons. The van der Waals surface area contributed by atoms with Gasteiger partial charge in [-0.05, 0) is 6.07 Å². The van der Waals surface area contributed by atoms with E-state index in [9.17, 15) is 4.79 Å². The molecule has 0 aromatic heterocycles. The lowest BCUT2D eigenvalue weighted by Crippen LogP contribution is -2.38. The van der Waals surface area contributed by atoms with Gasteiger partial charge in [0.2, 0.25) is 5.91 Å². The third-order valence-electron chi connectivity index (χ3n) is 2.86. The van der Waals surface area contributed by atoms with Crippen molar-refractivity contribution < 1.29 is 9.53 Å². The summed E-state index contributed by atoms with van der Waals surface area (Å²) in [5.41, 5.74) is 9.61. The van der Waals surface area contributed by atoms with E-state index in [0.29, 0.717) is 19.5 Å². The first-order valence-electron chi connectivity index (χ1n) is 5.65. The minimum atomic E-state index is -0.0230. The highest BCUT2D eigenvalue weighted by Gasteiger charge is 2.30. The van der Waals surface area contributed by atoms with Crippen molar-refractivity contribution in [3.63, 3.8) is 0 Å². The average Bonchev–Trinajstić information content (AvgIpc) is 2.71. The molecule has 1 aromatic carbocycles. The van der Waals surface area contributed by atoms with Gasteiger partial charge in [-0.2, -0.15) is 0 Å². The van der Waals surface area contributed by atoms with Crippen LogP contribution in [0.2, 0.25) is 0 Å². The minimum absolute atomic E-state index is 0.0230. The molecule has 1 heterocycles. The van der Waals surface area contributed by atoms with Crippen LogP contribution in [-0.2, 0) is 4.79 Å². The van der Waals surface area contributed by atoms with Crippen molar-refractivity contribution in [3.8, 4) is 5.75 Å². The van der Waals surface area contributed by atoms with Crippen LogP contribution in [0.15, 0.2) is 24.3 Å². The molecule has 1 saturated heterocycles. The maximum atomic E-state index is 11.7. The molecule has 0 spiro atoms. The number of hydrogen-bond donors (Lipinski definition) is 2. The molecular weight excluding hydrogens is 218 g/mol.